The van der Waals surface area contributed by atoms with E-state index in [-0.39, 0.29) is 5.91 Å². The number of hydrogen-bond donors (Lipinski definition) is 1. The zero-order valence-electron chi connectivity index (χ0n) is 14.5. The van der Waals surface area contributed by atoms with Crippen LogP contribution in [0.15, 0.2) is 36.4 Å². The highest BCUT2D eigenvalue weighted by Gasteiger charge is 2.28. The van der Waals surface area contributed by atoms with Crippen LogP contribution < -0.4 is 24.3 Å². The fourth-order valence-electron chi connectivity index (χ4n) is 2.86. The van der Waals surface area contributed by atoms with Gasteiger partial charge in [0.05, 0.1) is 21.3 Å². The van der Waals surface area contributed by atoms with Gasteiger partial charge in [-0.25, -0.2) is 0 Å². The minimum absolute atomic E-state index is 0.159. The molecule has 0 spiro atoms. The molecule has 1 heterocycles. The third-order valence-electron chi connectivity index (χ3n) is 4.18. The third kappa shape index (κ3) is 3.47. The number of benzene rings is 2. The molecule has 2 aromatic carbocycles. The second kappa shape index (κ2) is 7.34. The van der Waals surface area contributed by atoms with Crippen LogP contribution in [0.3, 0.4) is 0 Å². The summed E-state index contributed by atoms with van der Waals surface area (Å²) >= 11 is 0. The smallest absolute Gasteiger partial charge is 0.261 e. The summed E-state index contributed by atoms with van der Waals surface area (Å²) in [4.78, 5) is 12.4. The van der Waals surface area contributed by atoms with E-state index in [0.717, 1.165) is 16.9 Å². The molecule has 0 radical (unpaired) electrons. The van der Waals surface area contributed by atoms with E-state index in [1.807, 2.05) is 24.3 Å². The van der Waals surface area contributed by atoms with Crippen LogP contribution in [-0.2, 0) is 17.8 Å². The highest BCUT2D eigenvalue weighted by atomic mass is 16.5. The Bertz CT molecular complexity index is 749. The maximum absolute atomic E-state index is 12.4. The van der Waals surface area contributed by atoms with E-state index in [1.165, 1.54) is 0 Å². The molecule has 6 nitrogen and oxygen atoms in total. The maximum atomic E-state index is 12.4. The zero-order valence-corrected chi connectivity index (χ0v) is 14.5. The summed E-state index contributed by atoms with van der Waals surface area (Å²) in [6, 6.07) is 11.2. The van der Waals surface area contributed by atoms with E-state index in [9.17, 15) is 4.79 Å². The molecule has 0 bridgehead atoms. The summed E-state index contributed by atoms with van der Waals surface area (Å²) in [6.45, 7) is 0.304. The van der Waals surface area contributed by atoms with Gasteiger partial charge in [-0.1, -0.05) is 18.2 Å². The largest absolute Gasteiger partial charge is 0.496 e. The lowest BCUT2D eigenvalue weighted by molar-refractivity contribution is -0.127. The van der Waals surface area contributed by atoms with Gasteiger partial charge in [-0.15, -0.1) is 0 Å². The van der Waals surface area contributed by atoms with Gasteiger partial charge in [0, 0.05) is 24.6 Å². The molecule has 1 amide bonds. The fraction of sp³-hybridized carbons (Fsp3) is 0.316. The summed E-state index contributed by atoms with van der Waals surface area (Å²) in [7, 11) is 4.70. The standard InChI is InChI=1S/C19H21NO5/c1-22-15-10-17(24-3)16(23-2)9-13(15)11-20-19(21)18-8-12-6-4-5-7-14(12)25-18/h4-7,9-10,18H,8,11H2,1-3H3,(H,20,21)/t18-/m0/s1. The van der Waals surface area contributed by atoms with Crippen LogP contribution in [0.25, 0.3) is 0 Å². The number of carbonyl (C=O) groups is 1. The average Bonchev–Trinajstić information content (AvgIpc) is 3.09. The molecular formula is C19H21NO5. The molecule has 0 saturated carbocycles. The molecule has 1 atom stereocenters. The third-order valence-corrected chi connectivity index (χ3v) is 4.18. The Morgan fingerprint density at radius 2 is 1.76 bits per heavy atom. The zero-order chi connectivity index (χ0) is 17.8. The number of carbonyl (C=O) groups excluding carboxylic acids is 1. The average molecular weight is 343 g/mol. The van der Waals surface area contributed by atoms with Crippen molar-refractivity contribution in [1.29, 1.82) is 0 Å². The van der Waals surface area contributed by atoms with E-state index in [2.05, 4.69) is 5.32 Å². The summed E-state index contributed by atoms with van der Waals surface area (Å²) in [5.41, 5.74) is 1.84. The number of methoxy groups -OCH3 is 3. The fourth-order valence-corrected chi connectivity index (χ4v) is 2.86. The molecule has 2 aromatic rings. The Balaban J connectivity index is 1.68. The first-order chi connectivity index (χ1) is 12.2. The predicted molar refractivity (Wildman–Crippen MR) is 92.5 cm³/mol. The second-order valence-corrected chi connectivity index (χ2v) is 5.66. The lowest BCUT2D eigenvalue weighted by Crippen LogP contribution is -2.37. The Morgan fingerprint density at radius 1 is 1.08 bits per heavy atom. The van der Waals surface area contributed by atoms with Crippen LogP contribution >= 0.6 is 0 Å². The number of fused-ring (bicyclic) bond motifs is 1. The minimum atomic E-state index is -0.511. The van der Waals surface area contributed by atoms with Gasteiger partial charge in [0.25, 0.3) is 5.91 Å². The van der Waals surface area contributed by atoms with Crippen molar-refractivity contribution in [1.82, 2.24) is 5.32 Å². The van der Waals surface area contributed by atoms with Crippen LogP contribution in [0.4, 0.5) is 0 Å². The lowest BCUT2D eigenvalue weighted by Gasteiger charge is -2.16. The van der Waals surface area contributed by atoms with Crippen molar-refractivity contribution in [2.24, 2.45) is 0 Å². The van der Waals surface area contributed by atoms with Crippen molar-refractivity contribution in [3.05, 3.63) is 47.5 Å². The summed E-state index contributed by atoms with van der Waals surface area (Å²) in [6.07, 6.45) is 0.0639. The van der Waals surface area contributed by atoms with E-state index in [4.69, 9.17) is 18.9 Å². The molecule has 1 N–H and O–H groups in total. The van der Waals surface area contributed by atoms with Crippen molar-refractivity contribution in [2.75, 3.05) is 21.3 Å². The first-order valence-corrected chi connectivity index (χ1v) is 7.97. The minimum Gasteiger partial charge on any atom is -0.496 e. The lowest BCUT2D eigenvalue weighted by atomic mass is 10.1. The number of amides is 1. The van der Waals surface area contributed by atoms with Gasteiger partial charge in [-0.05, 0) is 17.7 Å². The molecule has 0 saturated heterocycles. The van der Waals surface area contributed by atoms with Crippen molar-refractivity contribution < 1.29 is 23.7 Å². The Hall–Kier alpha value is -2.89. The van der Waals surface area contributed by atoms with Crippen molar-refractivity contribution >= 4 is 5.91 Å². The summed E-state index contributed by atoms with van der Waals surface area (Å²) < 4.78 is 21.7. The highest BCUT2D eigenvalue weighted by Crippen LogP contribution is 2.34. The van der Waals surface area contributed by atoms with Gasteiger partial charge >= 0.3 is 0 Å². The first-order valence-electron chi connectivity index (χ1n) is 7.97. The van der Waals surface area contributed by atoms with Gasteiger partial charge in [-0.2, -0.15) is 0 Å². The molecule has 25 heavy (non-hydrogen) atoms. The number of nitrogens with one attached hydrogen (secondary N) is 1. The molecule has 0 fully saturated rings. The van der Waals surface area contributed by atoms with Crippen LogP contribution in [0.2, 0.25) is 0 Å². The normalized spacial score (nSPS) is 15.1. The number of rotatable bonds is 6. The van der Waals surface area contributed by atoms with Gasteiger partial charge in [-0.3, -0.25) is 4.79 Å². The van der Waals surface area contributed by atoms with Crippen molar-refractivity contribution in [3.8, 4) is 23.0 Å². The van der Waals surface area contributed by atoms with Crippen LogP contribution in [0, 0.1) is 0 Å². The highest BCUT2D eigenvalue weighted by molar-refractivity contribution is 5.82. The summed E-state index contributed by atoms with van der Waals surface area (Å²) in [5, 5.41) is 2.90. The van der Waals surface area contributed by atoms with Crippen molar-refractivity contribution in [3.63, 3.8) is 0 Å². The van der Waals surface area contributed by atoms with E-state index < -0.39 is 6.10 Å². The van der Waals surface area contributed by atoms with Crippen LogP contribution in [-0.4, -0.2) is 33.3 Å². The molecule has 6 heteroatoms. The van der Waals surface area contributed by atoms with E-state index in [0.29, 0.717) is 30.2 Å². The number of para-hydroxylation sites is 1. The number of hydrogen-bond acceptors (Lipinski definition) is 5. The molecule has 1 aliphatic heterocycles. The van der Waals surface area contributed by atoms with Gasteiger partial charge in [0.2, 0.25) is 0 Å². The second-order valence-electron chi connectivity index (χ2n) is 5.66. The molecule has 1 aliphatic rings. The number of ether oxygens (including phenoxy) is 4. The summed E-state index contributed by atoms with van der Waals surface area (Å²) in [5.74, 6) is 2.38. The molecule has 0 aliphatic carbocycles. The predicted octanol–water partition coefficient (Wildman–Crippen LogP) is 2.33. The first kappa shape index (κ1) is 17.0. The molecular weight excluding hydrogens is 322 g/mol. The van der Waals surface area contributed by atoms with Crippen LogP contribution in [0.5, 0.6) is 23.0 Å². The Labute approximate surface area is 146 Å². The SMILES string of the molecule is COc1cc(OC)c(OC)cc1CNC(=O)[C@@H]1Cc2ccccc2O1. The maximum Gasteiger partial charge on any atom is 0.261 e. The monoisotopic (exact) mass is 343 g/mol. The van der Waals surface area contributed by atoms with Crippen LogP contribution in [0.1, 0.15) is 11.1 Å². The van der Waals surface area contributed by atoms with E-state index >= 15 is 0 Å². The van der Waals surface area contributed by atoms with Gasteiger partial charge < -0.3 is 24.3 Å². The van der Waals surface area contributed by atoms with E-state index in [1.54, 1.807) is 33.5 Å². The Morgan fingerprint density at radius 3 is 2.44 bits per heavy atom. The molecule has 132 valence electrons. The quantitative estimate of drug-likeness (QED) is 0.872. The molecule has 0 unspecified atom stereocenters. The van der Waals surface area contributed by atoms with Crippen molar-refractivity contribution in [2.45, 2.75) is 19.1 Å². The Kier molecular flexibility index (Phi) is 4.97. The van der Waals surface area contributed by atoms with Gasteiger partial charge in [0.15, 0.2) is 17.6 Å². The van der Waals surface area contributed by atoms with Gasteiger partial charge in [0.1, 0.15) is 11.5 Å². The molecule has 3 rings (SSSR count). The topological polar surface area (TPSA) is 66.0 Å². The molecule has 0 aromatic heterocycles.